The first-order valence-corrected chi connectivity index (χ1v) is 5.08. The second-order valence-corrected chi connectivity index (χ2v) is 4.47. The zero-order valence-corrected chi connectivity index (χ0v) is 8.81. The standard InChI is InChI=1S/C10H20N2O/c1-8(2)7-10(3)9(13)11-5-4-6-12-10/h8,12H,4-7H2,1-3H3,(H,11,13). The third kappa shape index (κ3) is 2.69. The van der Waals surface area contributed by atoms with Crippen molar-refractivity contribution in [2.75, 3.05) is 13.1 Å². The van der Waals surface area contributed by atoms with Gasteiger partial charge in [0.05, 0.1) is 5.54 Å². The van der Waals surface area contributed by atoms with E-state index in [1.807, 2.05) is 6.92 Å². The molecule has 1 aliphatic heterocycles. The van der Waals surface area contributed by atoms with Gasteiger partial charge in [0, 0.05) is 6.54 Å². The lowest BCUT2D eigenvalue weighted by Crippen LogP contribution is -2.53. The van der Waals surface area contributed by atoms with Gasteiger partial charge in [-0.2, -0.15) is 0 Å². The Morgan fingerprint density at radius 3 is 2.77 bits per heavy atom. The van der Waals surface area contributed by atoms with Gasteiger partial charge in [-0.3, -0.25) is 4.79 Å². The predicted octanol–water partition coefficient (Wildman–Crippen LogP) is 0.901. The van der Waals surface area contributed by atoms with Crippen molar-refractivity contribution < 1.29 is 4.79 Å². The van der Waals surface area contributed by atoms with E-state index in [1.165, 1.54) is 0 Å². The second-order valence-electron chi connectivity index (χ2n) is 4.47. The van der Waals surface area contributed by atoms with Crippen LogP contribution in [0.4, 0.5) is 0 Å². The molecule has 1 aliphatic rings. The Kier molecular flexibility index (Phi) is 3.31. The largest absolute Gasteiger partial charge is 0.354 e. The van der Waals surface area contributed by atoms with Crippen LogP contribution in [0.3, 0.4) is 0 Å². The second kappa shape index (κ2) is 4.09. The van der Waals surface area contributed by atoms with E-state index in [1.54, 1.807) is 0 Å². The number of amides is 1. The SMILES string of the molecule is CC(C)CC1(C)NCCCNC1=O. The molecule has 76 valence electrons. The summed E-state index contributed by atoms with van der Waals surface area (Å²) in [7, 11) is 0. The zero-order valence-electron chi connectivity index (χ0n) is 8.81. The number of rotatable bonds is 2. The molecule has 0 radical (unpaired) electrons. The molecule has 0 aromatic heterocycles. The number of carbonyl (C=O) groups excluding carboxylic acids is 1. The minimum Gasteiger partial charge on any atom is -0.354 e. The van der Waals surface area contributed by atoms with Crippen molar-refractivity contribution in [2.45, 2.75) is 39.2 Å². The molecule has 3 heteroatoms. The fourth-order valence-corrected chi connectivity index (χ4v) is 1.91. The molecule has 1 heterocycles. The highest BCUT2D eigenvalue weighted by atomic mass is 16.2. The summed E-state index contributed by atoms with van der Waals surface area (Å²) in [5.74, 6) is 0.694. The maximum atomic E-state index is 11.7. The van der Waals surface area contributed by atoms with Crippen molar-refractivity contribution in [2.24, 2.45) is 5.92 Å². The average Bonchev–Trinajstić information content (AvgIpc) is 2.14. The first-order valence-electron chi connectivity index (χ1n) is 5.08. The number of carbonyl (C=O) groups is 1. The zero-order chi connectivity index (χ0) is 9.90. The van der Waals surface area contributed by atoms with E-state index in [0.29, 0.717) is 5.92 Å². The lowest BCUT2D eigenvalue weighted by Gasteiger charge is -2.29. The van der Waals surface area contributed by atoms with Gasteiger partial charge in [0.1, 0.15) is 0 Å². The van der Waals surface area contributed by atoms with E-state index in [0.717, 1.165) is 25.9 Å². The summed E-state index contributed by atoms with van der Waals surface area (Å²) in [6.07, 6.45) is 1.93. The van der Waals surface area contributed by atoms with Crippen LogP contribution in [0, 0.1) is 5.92 Å². The van der Waals surface area contributed by atoms with Crippen LogP contribution >= 0.6 is 0 Å². The summed E-state index contributed by atoms with van der Waals surface area (Å²) in [5, 5.41) is 6.27. The highest BCUT2D eigenvalue weighted by Crippen LogP contribution is 2.17. The maximum Gasteiger partial charge on any atom is 0.240 e. The summed E-state index contributed by atoms with van der Waals surface area (Å²) in [4.78, 5) is 11.7. The van der Waals surface area contributed by atoms with Crippen molar-refractivity contribution in [3.05, 3.63) is 0 Å². The number of hydrogen-bond acceptors (Lipinski definition) is 2. The summed E-state index contributed by atoms with van der Waals surface area (Å²) in [6, 6.07) is 0. The van der Waals surface area contributed by atoms with Gasteiger partial charge in [-0.25, -0.2) is 0 Å². The molecule has 1 amide bonds. The molecule has 2 N–H and O–H groups in total. The third-order valence-corrected chi connectivity index (χ3v) is 2.47. The topological polar surface area (TPSA) is 41.1 Å². The normalized spacial score (nSPS) is 30.0. The quantitative estimate of drug-likeness (QED) is 0.669. The van der Waals surface area contributed by atoms with Crippen LogP contribution in [-0.2, 0) is 4.79 Å². The molecule has 0 aromatic rings. The highest BCUT2D eigenvalue weighted by Gasteiger charge is 2.34. The first kappa shape index (κ1) is 10.5. The lowest BCUT2D eigenvalue weighted by atomic mass is 9.90. The molecular weight excluding hydrogens is 164 g/mol. The van der Waals surface area contributed by atoms with Crippen molar-refractivity contribution >= 4 is 5.91 Å². The van der Waals surface area contributed by atoms with Crippen LogP contribution in [0.2, 0.25) is 0 Å². The maximum absolute atomic E-state index is 11.7. The summed E-state index contributed by atoms with van der Waals surface area (Å²) in [5.41, 5.74) is -0.356. The third-order valence-electron chi connectivity index (χ3n) is 2.47. The Bertz CT molecular complexity index is 191. The highest BCUT2D eigenvalue weighted by molar-refractivity contribution is 5.86. The van der Waals surface area contributed by atoms with E-state index in [-0.39, 0.29) is 11.4 Å². The van der Waals surface area contributed by atoms with Gasteiger partial charge in [-0.1, -0.05) is 13.8 Å². The smallest absolute Gasteiger partial charge is 0.240 e. The minimum atomic E-state index is -0.356. The summed E-state index contributed by atoms with van der Waals surface area (Å²) in [6.45, 7) is 8.02. The van der Waals surface area contributed by atoms with Crippen LogP contribution in [0.25, 0.3) is 0 Å². The molecular formula is C10H20N2O. The average molecular weight is 184 g/mol. The van der Waals surface area contributed by atoms with Gasteiger partial charge in [-0.05, 0) is 32.2 Å². The first-order chi connectivity index (χ1) is 6.04. The summed E-state index contributed by atoms with van der Waals surface area (Å²) < 4.78 is 0. The van der Waals surface area contributed by atoms with Gasteiger partial charge in [-0.15, -0.1) is 0 Å². The molecule has 0 bridgehead atoms. The van der Waals surface area contributed by atoms with Crippen LogP contribution in [0.15, 0.2) is 0 Å². The van der Waals surface area contributed by atoms with Crippen LogP contribution in [0.1, 0.15) is 33.6 Å². The van der Waals surface area contributed by atoms with Crippen molar-refractivity contribution in [1.82, 2.24) is 10.6 Å². The van der Waals surface area contributed by atoms with Gasteiger partial charge in [0.15, 0.2) is 0 Å². The summed E-state index contributed by atoms with van der Waals surface area (Å²) >= 11 is 0. The Labute approximate surface area is 80.3 Å². The monoisotopic (exact) mass is 184 g/mol. The van der Waals surface area contributed by atoms with Gasteiger partial charge in [0.2, 0.25) is 5.91 Å². The Morgan fingerprint density at radius 2 is 2.15 bits per heavy atom. The van der Waals surface area contributed by atoms with E-state index < -0.39 is 0 Å². The van der Waals surface area contributed by atoms with Crippen LogP contribution in [0.5, 0.6) is 0 Å². The Morgan fingerprint density at radius 1 is 1.46 bits per heavy atom. The van der Waals surface area contributed by atoms with Gasteiger partial charge in [0.25, 0.3) is 0 Å². The Hall–Kier alpha value is -0.570. The van der Waals surface area contributed by atoms with Crippen molar-refractivity contribution in [1.29, 1.82) is 0 Å². The van der Waals surface area contributed by atoms with E-state index >= 15 is 0 Å². The molecule has 3 nitrogen and oxygen atoms in total. The van der Waals surface area contributed by atoms with Crippen LogP contribution in [-0.4, -0.2) is 24.5 Å². The number of hydrogen-bond donors (Lipinski definition) is 2. The minimum absolute atomic E-state index is 0.152. The molecule has 0 aromatic carbocycles. The van der Waals surface area contributed by atoms with E-state index in [2.05, 4.69) is 24.5 Å². The molecule has 1 atom stereocenters. The van der Waals surface area contributed by atoms with Gasteiger partial charge < -0.3 is 10.6 Å². The van der Waals surface area contributed by atoms with Crippen LogP contribution < -0.4 is 10.6 Å². The predicted molar refractivity (Wildman–Crippen MR) is 53.5 cm³/mol. The fraction of sp³-hybridized carbons (Fsp3) is 0.900. The Balaban J connectivity index is 2.65. The van der Waals surface area contributed by atoms with E-state index in [4.69, 9.17) is 0 Å². The molecule has 13 heavy (non-hydrogen) atoms. The fourth-order valence-electron chi connectivity index (χ4n) is 1.91. The molecule has 1 saturated heterocycles. The molecule has 0 aliphatic carbocycles. The molecule has 0 saturated carbocycles. The van der Waals surface area contributed by atoms with Crippen molar-refractivity contribution in [3.8, 4) is 0 Å². The molecule has 1 rings (SSSR count). The number of nitrogens with one attached hydrogen (secondary N) is 2. The van der Waals surface area contributed by atoms with E-state index in [9.17, 15) is 4.79 Å². The molecule has 1 fully saturated rings. The molecule has 1 unspecified atom stereocenters. The lowest BCUT2D eigenvalue weighted by molar-refractivity contribution is -0.127. The van der Waals surface area contributed by atoms with Gasteiger partial charge >= 0.3 is 0 Å². The molecule has 0 spiro atoms. The van der Waals surface area contributed by atoms with Crippen molar-refractivity contribution in [3.63, 3.8) is 0 Å².